The normalized spacial score (nSPS) is 44.1. The Bertz CT molecular complexity index is 674. The summed E-state index contributed by atoms with van der Waals surface area (Å²) in [6.07, 6.45) is 16.5. The maximum Gasteiger partial charge on any atom is 0.0577 e. The lowest BCUT2D eigenvalue weighted by Crippen LogP contribution is -2.50. The van der Waals surface area contributed by atoms with E-state index < -0.39 is 0 Å². The average Bonchev–Trinajstić information content (AvgIpc) is 3.03. The van der Waals surface area contributed by atoms with Crippen LogP contribution in [0.15, 0.2) is 23.8 Å². The predicted octanol–water partition coefficient (Wildman–Crippen LogP) is 7.94. The molecule has 8 atom stereocenters. The van der Waals surface area contributed by atoms with Crippen molar-refractivity contribution in [2.45, 2.75) is 111 Å². The molecule has 1 nitrogen and oxygen atoms in total. The topological polar surface area (TPSA) is 20.2 Å². The van der Waals surface area contributed by atoms with Gasteiger partial charge >= 0.3 is 0 Å². The van der Waals surface area contributed by atoms with Gasteiger partial charge in [-0.05, 0) is 117 Å². The molecule has 0 aliphatic heterocycles. The number of allylic oxidation sites excluding steroid dienone is 2. The van der Waals surface area contributed by atoms with E-state index in [1.165, 1.54) is 63.4 Å². The fourth-order valence-corrected chi connectivity index (χ4v) is 8.93. The zero-order valence-electron chi connectivity index (χ0n) is 20.6. The molecule has 30 heavy (non-hydrogen) atoms. The number of rotatable bonds is 6. The summed E-state index contributed by atoms with van der Waals surface area (Å²) in [5, 5.41) is 10.2. The number of hydrogen-bond acceptors (Lipinski definition) is 1. The Kier molecular flexibility index (Phi) is 6.35. The zero-order valence-corrected chi connectivity index (χ0v) is 20.6. The Morgan fingerprint density at radius 2 is 1.87 bits per heavy atom. The van der Waals surface area contributed by atoms with Crippen LogP contribution in [0.4, 0.5) is 0 Å². The first-order chi connectivity index (χ1) is 14.1. The van der Waals surface area contributed by atoms with Gasteiger partial charge in [-0.2, -0.15) is 0 Å². The van der Waals surface area contributed by atoms with E-state index in [9.17, 15) is 5.11 Å². The molecule has 170 valence electrons. The molecule has 0 aromatic heterocycles. The largest absolute Gasteiger partial charge is 0.393 e. The first kappa shape index (κ1) is 22.6. The minimum Gasteiger partial charge on any atom is -0.393 e. The molecule has 0 saturated heterocycles. The summed E-state index contributed by atoms with van der Waals surface area (Å²) < 4.78 is 0. The summed E-state index contributed by atoms with van der Waals surface area (Å²) in [6.45, 7) is 16.8. The van der Waals surface area contributed by atoms with Crippen molar-refractivity contribution in [2.75, 3.05) is 0 Å². The highest BCUT2D eigenvalue weighted by Crippen LogP contribution is 2.67. The van der Waals surface area contributed by atoms with Crippen molar-refractivity contribution in [1.29, 1.82) is 0 Å². The second-order valence-electron chi connectivity index (χ2n) is 12.7. The Labute approximate surface area is 186 Å². The van der Waals surface area contributed by atoms with Gasteiger partial charge < -0.3 is 5.11 Å². The van der Waals surface area contributed by atoms with Crippen LogP contribution >= 0.6 is 0 Å². The summed E-state index contributed by atoms with van der Waals surface area (Å²) >= 11 is 0. The van der Waals surface area contributed by atoms with Gasteiger partial charge in [-0.25, -0.2) is 0 Å². The van der Waals surface area contributed by atoms with Crippen LogP contribution in [-0.4, -0.2) is 11.2 Å². The van der Waals surface area contributed by atoms with Crippen molar-refractivity contribution in [3.63, 3.8) is 0 Å². The molecule has 0 amide bonds. The second kappa shape index (κ2) is 8.42. The van der Waals surface area contributed by atoms with Crippen LogP contribution in [-0.2, 0) is 0 Å². The Morgan fingerprint density at radius 3 is 2.60 bits per heavy atom. The van der Waals surface area contributed by atoms with Gasteiger partial charge in [0.1, 0.15) is 0 Å². The van der Waals surface area contributed by atoms with Crippen LogP contribution in [0.1, 0.15) is 105 Å². The highest BCUT2D eigenvalue weighted by Gasteiger charge is 2.59. The van der Waals surface area contributed by atoms with E-state index in [-0.39, 0.29) is 6.10 Å². The van der Waals surface area contributed by atoms with Gasteiger partial charge in [0.25, 0.3) is 0 Å². The molecular formula is C29H48O. The van der Waals surface area contributed by atoms with Crippen molar-refractivity contribution in [1.82, 2.24) is 0 Å². The van der Waals surface area contributed by atoms with Gasteiger partial charge in [0.2, 0.25) is 0 Å². The van der Waals surface area contributed by atoms with Crippen LogP contribution in [0.5, 0.6) is 0 Å². The van der Waals surface area contributed by atoms with Crippen molar-refractivity contribution >= 4 is 0 Å². The molecule has 3 saturated carbocycles. The number of fused-ring (bicyclic) bond motifs is 5. The van der Waals surface area contributed by atoms with Gasteiger partial charge in [0, 0.05) is 0 Å². The Hall–Kier alpha value is -0.560. The minimum atomic E-state index is -0.0862. The molecule has 0 spiro atoms. The lowest BCUT2D eigenvalue weighted by Gasteiger charge is -2.58. The van der Waals surface area contributed by atoms with Gasteiger partial charge in [0.15, 0.2) is 0 Å². The lowest BCUT2D eigenvalue weighted by atomic mass is 9.47. The average molecular weight is 413 g/mol. The third-order valence-electron chi connectivity index (χ3n) is 10.5. The molecule has 1 heteroatoms. The second-order valence-corrected chi connectivity index (χ2v) is 12.7. The van der Waals surface area contributed by atoms with Gasteiger partial charge in [-0.3, -0.25) is 0 Å². The van der Waals surface area contributed by atoms with Crippen LogP contribution in [0.25, 0.3) is 0 Å². The monoisotopic (exact) mass is 412 g/mol. The highest BCUT2D eigenvalue weighted by molar-refractivity contribution is 5.25. The van der Waals surface area contributed by atoms with Crippen molar-refractivity contribution in [3.05, 3.63) is 23.8 Å². The van der Waals surface area contributed by atoms with Crippen LogP contribution in [0.3, 0.4) is 0 Å². The SMILES string of the molecule is C=C(CC[C@@H](C)[C@H]1CC[C@H]2[C@@H]3CC=C4C[C@@H](O)CC[C@]4(C)[C@H]3CC[C@]12C)CC(C)C. The molecular weight excluding hydrogens is 364 g/mol. The number of aliphatic hydroxyl groups excluding tert-OH is 1. The zero-order chi connectivity index (χ0) is 21.7. The lowest BCUT2D eigenvalue weighted by molar-refractivity contribution is -0.0571. The number of hydrogen-bond donors (Lipinski definition) is 1. The molecule has 0 unspecified atom stereocenters. The molecule has 4 rings (SSSR count). The summed E-state index contributed by atoms with van der Waals surface area (Å²) in [5.74, 6) is 5.15. The maximum absolute atomic E-state index is 10.2. The maximum atomic E-state index is 10.2. The van der Waals surface area contributed by atoms with Crippen LogP contribution in [0, 0.1) is 46.3 Å². The summed E-state index contributed by atoms with van der Waals surface area (Å²) in [7, 11) is 0. The van der Waals surface area contributed by atoms with E-state index in [4.69, 9.17) is 0 Å². The third kappa shape index (κ3) is 3.87. The highest BCUT2D eigenvalue weighted by atomic mass is 16.3. The quantitative estimate of drug-likeness (QED) is 0.439. The smallest absolute Gasteiger partial charge is 0.0577 e. The van der Waals surface area contributed by atoms with E-state index in [0.29, 0.717) is 10.8 Å². The van der Waals surface area contributed by atoms with Crippen LogP contribution < -0.4 is 0 Å². The summed E-state index contributed by atoms with van der Waals surface area (Å²) in [5.41, 5.74) is 4.01. The van der Waals surface area contributed by atoms with Crippen molar-refractivity contribution in [2.24, 2.45) is 46.3 Å². The first-order valence-corrected chi connectivity index (χ1v) is 13.2. The third-order valence-corrected chi connectivity index (χ3v) is 10.5. The molecule has 0 heterocycles. The number of aliphatic hydroxyl groups is 1. The molecule has 0 aromatic carbocycles. The fraction of sp³-hybridized carbons (Fsp3) is 0.862. The van der Waals surface area contributed by atoms with Gasteiger partial charge in [-0.15, -0.1) is 0 Å². The standard InChI is InChI=1S/C29H48O/c1-19(2)17-20(3)7-8-21(4)25-11-12-26-24-10-9-22-18-23(30)13-15-28(22,5)27(24)14-16-29(25,26)6/h9,19,21,23-27,30H,3,7-8,10-18H2,1-2,4-6H3/t21-,23+,24+,25-,26+,27+,28+,29-/m1/s1. The molecule has 0 bridgehead atoms. The molecule has 4 aliphatic rings. The van der Waals surface area contributed by atoms with E-state index in [1.807, 2.05) is 0 Å². The Balaban J connectivity index is 1.45. The minimum absolute atomic E-state index is 0.0862. The van der Waals surface area contributed by atoms with E-state index in [2.05, 4.69) is 47.3 Å². The first-order valence-electron chi connectivity index (χ1n) is 13.2. The molecule has 0 radical (unpaired) electrons. The van der Waals surface area contributed by atoms with E-state index in [1.54, 1.807) is 5.57 Å². The van der Waals surface area contributed by atoms with E-state index in [0.717, 1.165) is 48.3 Å². The molecule has 0 aromatic rings. The van der Waals surface area contributed by atoms with Crippen LogP contribution in [0.2, 0.25) is 0 Å². The molecule has 1 N–H and O–H groups in total. The van der Waals surface area contributed by atoms with Gasteiger partial charge in [0.05, 0.1) is 6.10 Å². The molecule has 4 aliphatic carbocycles. The van der Waals surface area contributed by atoms with Gasteiger partial charge in [-0.1, -0.05) is 58.4 Å². The molecule has 3 fully saturated rings. The van der Waals surface area contributed by atoms with Crippen molar-refractivity contribution in [3.8, 4) is 0 Å². The predicted molar refractivity (Wildman–Crippen MR) is 128 cm³/mol. The fourth-order valence-electron chi connectivity index (χ4n) is 8.93. The van der Waals surface area contributed by atoms with Crippen molar-refractivity contribution < 1.29 is 5.11 Å². The summed E-state index contributed by atoms with van der Waals surface area (Å²) in [6, 6.07) is 0. The summed E-state index contributed by atoms with van der Waals surface area (Å²) in [4.78, 5) is 0. The van der Waals surface area contributed by atoms with E-state index >= 15 is 0 Å². The Morgan fingerprint density at radius 1 is 1.10 bits per heavy atom.